The summed E-state index contributed by atoms with van der Waals surface area (Å²) in [6, 6.07) is 3.74. The number of nitrogens with zero attached hydrogens (tertiary/aromatic N) is 2. The highest BCUT2D eigenvalue weighted by Crippen LogP contribution is 1.95. The molecule has 1 aromatic rings. The first-order valence-electron chi connectivity index (χ1n) is 10.2. The van der Waals surface area contributed by atoms with Gasteiger partial charge in [-0.2, -0.15) is 0 Å². The van der Waals surface area contributed by atoms with Crippen molar-refractivity contribution in [3.05, 3.63) is 79.7 Å². The average Bonchev–Trinajstić information content (AvgIpc) is 2.79. The molecule has 0 unspecified atom stereocenters. The Morgan fingerprint density at radius 1 is 1.12 bits per heavy atom. The summed E-state index contributed by atoms with van der Waals surface area (Å²) in [6.07, 6.45) is 6.98. The molecule has 0 saturated carbocycles. The largest absolute Gasteiger partial charge is 0.462 e. The molecule has 1 rings (SSSR count). The molecular weight excluding hydrogens is 422 g/mol. The second kappa shape index (κ2) is 20.4. The van der Waals surface area contributed by atoms with Crippen LogP contribution in [0.5, 0.6) is 0 Å². The van der Waals surface area contributed by atoms with Crippen molar-refractivity contribution in [2.75, 3.05) is 33.9 Å². The molecule has 1 N–H and O–H groups in total. The summed E-state index contributed by atoms with van der Waals surface area (Å²) in [5, 5.41) is 2.72. The van der Waals surface area contributed by atoms with E-state index in [1.807, 2.05) is 31.1 Å². The van der Waals surface area contributed by atoms with Crippen LogP contribution in [0.1, 0.15) is 25.8 Å². The molecule has 0 atom stereocenters. The van der Waals surface area contributed by atoms with Crippen molar-refractivity contribution in [2.24, 2.45) is 0 Å². The maximum Gasteiger partial charge on any atom is 0.333 e. The fourth-order valence-electron chi connectivity index (χ4n) is 1.71. The van der Waals surface area contributed by atoms with E-state index in [0.29, 0.717) is 24.3 Å². The monoisotopic (exact) mass is 459 g/mol. The van der Waals surface area contributed by atoms with Gasteiger partial charge in [0.15, 0.2) is 0 Å². The molecule has 0 bridgehead atoms. The van der Waals surface area contributed by atoms with Crippen molar-refractivity contribution in [3.8, 4) is 0 Å². The summed E-state index contributed by atoms with van der Waals surface area (Å²) in [4.78, 5) is 38.1. The standard InChI is InChI=1S/C10H12N2O.C8H15NO2.C7H10O2/c1-8(2)10(13)12-7-9-4-3-5-11-6-9;1-4-8(10)11-7-5-6-9(2)3;1-4-5-9-7(8)6(2)3/h3-6H,1,7H2,2H3,(H,12,13);4H,1,5-7H2,2-3H3;4H,1-2,5H2,3H3. The lowest BCUT2D eigenvalue weighted by atomic mass is 10.2. The number of hydrogen-bond acceptors (Lipinski definition) is 7. The number of ether oxygens (including phenoxy) is 2. The lowest BCUT2D eigenvalue weighted by Gasteiger charge is -2.08. The van der Waals surface area contributed by atoms with E-state index in [1.165, 1.54) is 12.2 Å². The molecule has 182 valence electrons. The highest BCUT2D eigenvalue weighted by Gasteiger charge is 2.00. The quantitative estimate of drug-likeness (QED) is 0.235. The molecule has 0 fully saturated rings. The predicted molar refractivity (Wildman–Crippen MR) is 131 cm³/mol. The van der Waals surface area contributed by atoms with Gasteiger partial charge in [-0.1, -0.05) is 38.5 Å². The fraction of sp³-hybridized carbons (Fsp3) is 0.360. The van der Waals surface area contributed by atoms with E-state index in [9.17, 15) is 14.4 Å². The van der Waals surface area contributed by atoms with Gasteiger partial charge < -0.3 is 19.7 Å². The number of rotatable bonds is 11. The Hall–Kier alpha value is -3.52. The molecular formula is C25H37N3O5. The molecule has 0 aromatic carbocycles. The van der Waals surface area contributed by atoms with Crippen molar-refractivity contribution < 1.29 is 23.9 Å². The fourth-order valence-corrected chi connectivity index (χ4v) is 1.71. The maximum atomic E-state index is 11.1. The van der Waals surface area contributed by atoms with E-state index in [1.54, 1.807) is 26.2 Å². The maximum absolute atomic E-state index is 11.1. The molecule has 0 radical (unpaired) electrons. The van der Waals surface area contributed by atoms with Crippen LogP contribution in [-0.2, 0) is 30.4 Å². The Balaban J connectivity index is 0. The molecule has 0 aliphatic heterocycles. The first-order chi connectivity index (χ1) is 15.5. The number of amides is 1. The van der Waals surface area contributed by atoms with E-state index in [0.717, 1.165) is 18.5 Å². The van der Waals surface area contributed by atoms with Crippen molar-refractivity contribution in [2.45, 2.75) is 26.8 Å². The van der Waals surface area contributed by atoms with Crippen LogP contribution in [0.2, 0.25) is 0 Å². The summed E-state index contributed by atoms with van der Waals surface area (Å²) in [6.45, 7) is 19.1. The van der Waals surface area contributed by atoms with E-state index >= 15 is 0 Å². The third-order valence-electron chi connectivity index (χ3n) is 3.40. The molecule has 0 spiro atoms. The van der Waals surface area contributed by atoms with E-state index in [-0.39, 0.29) is 24.5 Å². The Bertz CT molecular complexity index is 774. The van der Waals surface area contributed by atoms with Crippen LogP contribution in [0.25, 0.3) is 0 Å². The van der Waals surface area contributed by atoms with Crippen molar-refractivity contribution in [1.29, 1.82) is 0 Å². The molecule has 8 nitrogen and oxygen atoms in total. The minimum absolute atomic E-state index is 0.121. The smallest absolute Gasteiger partial charge is 0.333 e. The summed E-state index contributed by atoms with van der Waals surface area (Å²) >= 11 is 0. The van der Waals surface area contributed by atoms with Crippen LogP contribution in [0.4, 0.5) is 0 Å². The molecule has 0 saturated heterocycles. The van der Waals surface area contributed by atoms with Crippen molar-refractivity contribution in [1.82, 2.24) is 15.2 Å². The molecule has 0 aliphatic rings. The van der Waals surface area contributed by atoms with Gasteiger partial charge in [0.1, 0.15) is 6.61 Å². The molecule has 1 heterocycles. The summed E-state index contributed by atoms with van der Waals surface area (Å²) in [5.74, 6) is -0.831. The zero-order valence-electron chi connectivity index (χ0n) is 20.3. The second-order valence-electron chi connectivity index (χ2n) is 7.02. The van der Waals surface area contributed by atoms with Gasteiger partial charge in [-0.3, -0.25) is 9.78 Å². The lowest BCUT2D eigenvalue weighted by Crippen LogP contribution is -2.22. The molecule has 33 heavy (non-hydrogen) atoms. The second-order valence-corrected chi connectivity index (χ2v) is 7.02. The highest BCUT2D eigenvalue weighted by atomic mass is 16.5. The van der Waals surface area contributed by atoms with Crippen molar-refractivity contribution >= 4 is 17.8 Å². The highest BCUT2D eigenvalue weighted by molar-refractivity contribution is 5.92. The minimum Gasteiger partial charge on any atom is -0.462 e. The van der Waals surface area contributed by atoms with Crippen molar-refractivity contribution in [3.63, 3.8) is 0 Å². The molecule has 8 heteroatoms. The van der Waals surface area contributed by atoms with E-state index < -0.39 is 0 Å². The van der Waals surface area contributed by atoms with Crippen LogP contribution >= 0.6 is 0 Å². The first kappa shape index (κ1) is 31.7. The first-order valence-corrected chi connectivity index (χ1v) is 10.2. The zero-order valence-corrected chi connectivity index (χ0v) is 20.3. The van der Waals surface area contributed by atoms with Gasteiger partial charge in [-0.05, 0) is 46.0 Å². The Labute approximate surface area is 197 Å². The number of esters is 2. The number of carbonyl (C=O) groups is 3. The van der Waals surface area contributed by atoms with Gasteiger partial charge in [-0.25, -0.2) is 9.59 Å². The molecule has 1 aromatic heterocycles. The molecule has 0 aliphatic carbocycles. The van der Waals surface area contributed by atoms with Crippen LogP contribution in [0, 0.1) is 0 Å². The summed E-state index contributed by atoms with van der Waals surface area (Å²) < 4.78 is 9.35. The van der Waals surface area contributed by atoms with Crippen LogP contribution in [-0.4, -0.2) is 61.6 Å². The Morgan fingerprint density at radius 3 is 2.24 bits per heavy atom. The van der Waals surface area contributed by atoms with Gasteiger partial charge in [0.2, 0.25) is 5.91 Å². The Kier molecular flexibility index (Phi) is 19.6. The lowest BCUT2D eigenvalue weighted by molar-refractivity contribution is -0.138. The van der Waals surface area contributed by atoms with Crippen LogP contribution < -0.4 is 5.32 Å². The number of hydrogen-bond donors (Lipinski definition) is 1. The van der Waals surface area contributed by atoms with Gasteiger partial charge in [0, 0.05) is 42.7 Å². The van der Waals surface area contributed by atoms with Crippen LogP contribution in [0.3, 0.4) is 0 Å². The predicted octanol–water partition coefficient (Wildman–Crippen LogP) is 3.23. The third kappa shape index (κ3) is 21.5. The number of nitrogens with one attached hydrogen (secondary N) is 1. The van der Waals surface area contributed by atoms with E-state index in [2.05, 4.69) is 41.4 Å². The normalized spacial score (nSPS) is 9.12. The van der Waals surface area contributed by atoms with Gasteiger partial charge in [0.05, 0.1) is 6.61 Å². The SMILES string of the molecule is C=C(C)C(=O)NCc1cccnc1.C=CC(=O)OCCCN(C)C.C=CCOC(=O)C(=C)C. The average molecular weight is 460 g/mol. The van der Waals surface area contributed by atoms with Gasteiger partial charge in [0.25, 0.3) is 0 Å². The number of carbonyl (C=O) groups excluding carboxylic acids is 3. The zero-order chi connectivity index (χ0) is 25.6. The summed E-state index contributed by atoms with van der Waals surface area (Å²) in [7, 11) is 3.96. The number of pyridine rings is 1. The topological polar surface area (TPSA) is 97.8 Å². The van der Waals surface area contributed by atoms with Gasteiger partial charge in [-0.15, -0.1) is 0 Å². The Morgan fingerprint density at radius 2 is 1.79 bits per heavy atom. The third-order valence-corrected chi connectivity index (χ3v) is 3.40. The van der Waals surface area contributed by atoms with Crippen LogP contribution in [0.15, 0.2) is 74.1 Å². The van der Waals surface area contributed by atoms with E-state index in [4.69, 9.17) is 4.74 Å². The molecule has 1 amide bonds. The number of aromatic nitrogens is 1. The minimum atomic E-state index is -0.366. The summed E-state index contributed by atoms with van der Waals surface area (Å²) in [5.41, 5.74) is 1.91. The van der Waals surface area contributed by atoms with Gasteiger partial charge >= 0.3 is 11.9 Å².